The number of para-hydroxylation sites is 3. The predicted octanol–water partition coefficient (Wildman–Crippen LogP) is 3.14. The van der Waals surface area contributed by atoms with Crippen LogP contribution in [0.25, 0.3) is 10.9 Å². The van der Waals surface area contributed by atoms with E-state index < -0.39 is 18.1 Å². The highest BCUT2D eigenvalue weighted by molar-refractivity contribution is 5.90. The number of ether oxygens (including phenoxy) is 2. The van der Waals surface area contributed by atoms with E-state index in [-0.39, 0.29) is 23.8 Å². The third kappa shape index (κ3) is 3.76. The zero-order chi connectivity index (χ0) is 22.3. The van der Waals surface area contributed by atoms with Gasteiger partial charge in [-0.1, -0.05) is 24.3 Å². The number of aromatic nitrogens is 2. The first kappa shape index (κ1) is 20.3. The Morgan fingerprint density at radius 3 is 2.38 bits per heavy atom. The third-order valence-electron chi connectivity index (χ3n) is 5.51. The van der Waals surface area contributed by atoms with Crippen molar-refractivity contribution < 1.29 is 27.4 Å². The minimum atomic E-state index is -4.65. The van der Waals surface area contributed by atoms with E-state index >= 15 is 0 Å². The number of nitrogens with zero attached hydrogens (tertiary/aromatic N) is 4. The predicted molar refractivity (Wildman–Crippen MR) is 110 cm³/mol. The van der Waals surface area contributed by atoms with E-state index in [4.69, 9.17) is 9.47 Å². The molecule has 1 fully saturated rings. The molecule has 7 nitrogen and oxygen atoms in total. The van der Waals surface area contributed by atoms with Crippen molar-refractivity contribution in [1.82, 2.24) is 14.9 Å². The fourth-order valence-electron chi connectivity index (χ4n) is 3.91. The molecule has 2 aliphatic heterocycles. The number of alkyl halides is 3. The van der Waals surface area contributed by atoms with E-state index in [0.717, 1.165) is 0 Å². The molecule has 0 radical (unpaired) electrons. The number of carbonyl (C=O) groups excluding carboxylic acids is 1. The number of halogens is 3. The second kappa shape index (κ2) is 7.85. The van der Waals surface area contributed by atoms with Crippen LogP contribution in [-0.4, -0.2) is 59.7 Å². The second-order valence-electron chi connectivity index (χ2n) is 7.56. The minimum Gasteiger partial charge on any atom is -0.485 e. The first-order valence-electron chi connectivity index (χ1n) is 10.2. The molecule has 3 aromatic rings. The van der Waals surface area contributed by atoms with E-state index in [2.05, 4.69) is 9.97 Å². The molecule has 0 spiro atoms. The van der Waals surface area contributed by atoms with Gasteiger partial charge in [0.1, 0.15) is 12.4 Å². The van der Waals surface area contributed by atoms with Crippen LogP contribution in [0.3, 0.4) is 0 Å². The van der Waals surface area contributed by atoms with Gasteiger partial charge in [0.15, 0.2) is 11.5 Å². The lowest BCUT2D eigenvalue weighted by Crippen LogP contribution is -2.54. The first-order valence-corrected chi connectivity index (χ1v) is 10.2. The molecule has 2 aromatic carbocycles. The maximum atomic E-state index is 13.3. The van der Waals surface area contributed by atoms with Gasteiger partial charge in [0.25, 0.3) is 5.91 Å². The van der Waals surface area contributed by atoms with Gasteiger partial charge in [-0.15, -0.1) is 0 Å². The van der Waals surface area contributed by atoms with Gasteiger partial charge in [-0.2, -0.15) is 13.2 Å². The molecular weight excluding hydrogens is 425 g/mol. The largest absolute Gasteiger partial charge is 0.485 e. The second-order valence-corrected chi connectivity index (χ2v) is 7.56. The van der Waals surface area contributed by atoms with E-state index in [1.54, 1.807) is 46.2 Å². The van der Waals surface area contributed by atoms with Gasteiger partial charge in [-0.3, -0.25) is 4.79 Å². The number of amides is 1. The summed E-state index contributed by atoms with van der Waals surface area (Å²) in [7, 11) is 0. The number of hydrogen-bond donors (Lipinski definition) is 0. The standard InChI is InChI=1S/C22H19F3N4O3/c23-22(24,25)21-26-15-6-2-1-5-14(15)19(27-21)28-9-11-29(12-10-28)20(30)18-13-31-16-7-3-4-8-17(16)32-18/h1-8,18H,9-13H2/t18-/m1/s1. The van der Waals surface area contributed by atoms with Crippen LogP contribution in [0.5, 0.6) is 11.5 Å². The Bertz CT molecular complexity index is 1160. The summed E-state index contributed by atoms with van der Waals surface area (Å²) in [6, 6.07) is 13.8. The Labute approximate surface area is 181 Å². The average molecular weight is 444 g/mol. The number of fused-ring (bicyclic) bond motifs is 2. The molecule has 0 saturated carbocycles. The van der Waals surface area contributed by atoms with E-state index in [9.17, 15) is 18.0 Å². The Balaban J connectivity index is 1.32. The fourth-order valence-corrected chi connectivity index (χ4v) is 3.91. The van der Waals surface area contributed by atoms with Gasteiger partial charge in [0.05, 0.1) is 5.52 Å². The van der Waals surface area contributed by atoms with Crippen molar-refractivity contribution in [3.05, 3.63) is 54.4 Å². The van der Waals surface area contributed by atoms with E-state index in [1.807, 2.05) is 6.07 Å². The molecule has 3 heterocycles. The molecule has 2 aliphatic rings. The van der Waals surface area contributed by atoms with Crippen LogP contribution >= 0.6 is 0 Å². The molecular formula is C22H19F3N4O3. The number of anilines is 1. The molecule has 1 atom stereocenters. The maximum Gasteiger partial charge on any atom is 0.451 e. The molecule has 1 aromatic heterocycles. The third-order valence-corrected chi connectivity index (χ3v) is 5.51. The first-order chi connectivity index (χ1) is 15.4. The Morgan fingerprint density at radius 2 is 1.62 bits per heavy atom. The number of benzene rings is 2. The maximum absolute atomic E-state index is 13.3. The molecule has 32 heavy (non-hydrogen) atoms. The number of piperazine rings is 1. The van der Waals surface area contributed by atoms with Crippen molar-refractivity contribution in [3.63, 3.8) is 0 Å². The van der Waals surface area contributed by atoms with Crippen molar-refractivity contribution in [2.24, 2.45) is 0 Å². The highest BCUT2D eigenvalue weighted by atomic mass is 19.4. The molecule has 166 valence electrons. The molecule has 5 rings (SSSR count). The van der Waals surface area contributed by atoms with Crippen LogP contribution in [0, 0.1) is 0 Å². The van der Waals surface area contributed by atoms with Crippen molar-refractivity contribution in [3.8, 4) is 11.5 Å². The summed E-state index contributed by atoms with van der Waals surface area (Å²) in [6.07, 6.45) is -5.40. The van der Waals surface area contributed by atoms with Gasteiger partial charge in [-0.25, -0.2) is 9.97 Å². The van der Waals surface area contributed by atoms with Gasteiger partial charge in [0, 0.05) is 31.6 Å². The van der Waals surface area contributed by atoms with Gasteiger partial charge in [0.2, 0.25) is 11.9 Å². The molecule has 0 N–H and O–H groups in total. The van der Waals surface area contributed by atoms with Gasteiger partial charge >= 0.3 is 6.18 Å². The monoisotopic (exact) mass is 444 g/mol. The molecule has 0 unspecified atom stereocenters. The zero-order valence-electron chi connectivity index (χ0n) is 16.9. The van der Waals surface area contributed by atoms with Crippen LogP contribution in [0.1, 0.15) is 5.82 Å². The molecule has 0 aliphatic carbocycles. The average Bonchev–Trinajstić information content (AvgIpc) is 2.82. The zero-order valence-corrected chi connectivity index (χ0v) is 16.9. The summed E-state index contributed by atoms with van der Waals surface area (Å²) in [5.41, 5.74) is 0.231. The summed E-state index contributed by atoms with van der Waals surface area (Å²) in [5.74, 6) is -0.0413. The van der Waals surface area contributed by atoms with Crippen LogP contribution in [-0.2, 0) is 11.0 Å². The lowest BCUT2D eigenvalue weighted by atomic mass is 10.2. The topological polar surface area (TPSA) is 67.8 Å². The number of carbonyl (C=O) groups is 1. The smallest absolute Gasteiger partial charge is 0.451 e. The molecule has 10 heteroatoms. The van der Waals surface area contributed by atoms with Crippen molar-refractivity contribution in [2.75, 3.05) is 37.7 Å². The Kier molecular flexibility index (Phi) is 4.99. The van der Waals surface area contributed by atoms with E-state index in [0.29, 0.717) is 43.1 Å². The summed E-state index contributed by atoms with van der Waals surface area (Å²) in [5, 5.41) is 0.542. The summed E-state index contributed by atoms with van der Waals surface area (Å²) < 4.78 is 51.4. The van der Waals surface area contributed by atoms with Crippen molar-refractivity contribution in [2.45, 2.75) is 12.3 Å². The number of hydrogen-bond acceptors (Lipinski definition) is 6. The molecule has 0 bridgehead atoms. The quantitative estimate of drug-likeness (QED) is 0.605. The fraction of sp³-hybridized carbons (Fsp3) is 0.318. The van der Waals surface area contributed by atoms with Crippen molar-refractivity contribution in [1.29, 1.82) is 0 Å². The van der Waals surface area contributed by atoms with Crippen LogP contribution in [0.2, 0.25) is 0 Å². The summed E-state index contributed by atoms with van der Waals surface area (Å²) in [4.78, 5) is 23.8. The number of rotatable bonds is 2. The summed E-state index contributed by atoms with van der Waals surface area (Å²) >= 11 is 0. The highest BCUT2D eigenvalue weighted by Gasteiger charge is 2.37. The minimum absolute atomic E-state index is 0.113. The Hall–Kier alpha value is -3.56. The van der Waals surface area contributed by atoms with Crippen LogP contribution in [0.15, 0.2) is 48.5 Å². The lowest BCUT2D eigenvalue weighted by Gasteiger charge is -2.38. The SMILES string of the molecule is O=C([C@H]1COc2ccccc2O1)N1CCN(c2nc(C(F)(F)F)nc3ccccc23)CC1. The van der Waals surface area contributed by atoms with Crippen LogP contribution < -0.4 is 14.4 Å². The van der Waals surface area contributed by atoms with Gasteiger partial charge < -0.3 is 19.3 Å². The van der Waals surface area contributed by atoms with Crippen LogP contribution in [0.4, 0.5) is 19.0 Å². The van der Waals surface area contributed by atoms with Gasteiger partial charge in [-0.05, 0) is 24.3 Å². The Morgan fingerprint density at radius 1 is 0.938 bits per heavy atom. The van der Waals surface area contributed by atoms with Crippen molar-refractivity contribution >= 4 is 22.6 Å². The molecule has 1 amide bonds. The molecule has 1 saturated heterocycles. The highest BCUT2D eigenvalue weighted by Crippen LogP contribution is 2.33. The normalized spacial score (nSPS) is 18.7. The van der Waals surface area contributed by atoms with E-state index in [1.165, 1.54) is 6.07 Å². The lowest BCUT2D eigenvalue weighted by molar-refractivity contribution is -0.144. The summed E-state index contributed by atoms with van der Waals surface area (Å²) in [6.45, 7) is 1.46.